The Morgan fingerprint density at radius 2 is 1.33 bits per heavy atom. The first-order valence-electron chi connectivity index (χ1n) is 6.42. The van der Waals surface area contributed by atoms with Crippen LogP contribution in [0.15, 0.2) is 24.3 Å². The van der Waals surface area contributed by atoms with Crippen molar-refractivity contribution in [1.82, 2.24) is 0 Å². The second kappa shape index (κ2) is 5.10. The van der Waals surface area contributed by atoms with Crippen LogP contribution >= 0.6 is 15.9 Å². The monoisotopic (exact) mass is 328 g/mol. The molecule has 0 aliphatic rings. The quantitative estimate of drug-likeness (QED) is 0.633. The highest BCUT2D eigenvalue weighted by atomic mass is 79.9. The molecule has 1 nitrogen and oxygen atoms in total. The summed E-state index contributed by atoms with van der Waals surface area (Å²) in [5.74, 6) is 0. The van der Waals surface area contributed by atoms with Gasteiger partial charge < -0.3 is 4.80 Å². The molecule has 0 saturated heterocycles. The minimum Gasteiger partial charge on any atom is -0.426 e. The Hall–Kier alpha value is -0.123. The van der Waals surface area contributed by atoms with Crippen molar-refractivity contribution in [1.29, 1.82) is 0 Å². The van der Waals surface area contributed by atoms with Gasteiger partial charge in [0.05, 0.1) is 0 Å². The van der Waals surface area contributed by atoms with Crippen LogP contribution in [0.4, 0.5) is 0 Å². The average Bonchev–Trinajstić information content (AvgIpc) is 2.25. The normalized spacial score (nSPS) is 13.8. The van der Waals surface area contributed by atoms with Gasteiger partial charge in [-0.25, -0.2) is 0 Å². The summed E-state index contributed by atoms with van der Waals surface area (Å²) >= 11 is 3.46. The largest absolute Gasteiger partial charge is 0.426 e. The molecule has 0 bridgehead atoms. The number of alkyl halides is 1. The van der Waals surface area contributed by atoms with Crippen LogP contribution in [0, 0.1) is 0 Å². The van der Waals surface area contributed by atoms with Gasteiger partial charge in [-0.15, -0.1) is 0 Å². The summed E-state index contributed by atoms with van der Waals surface area (Å²) in [4.78, 5) is 11.4. The first kappa shape index (κ1) is 15.9. The molecule has 3 heteroatoms. The maximum absolute atomic E-state index is 11.4. The molecule has 1 aromatic rings. The molecule has 0 aromatic heterocycles. The predicted octanol–water partition coefficient (Wildman–Crippen LogP) is 4.33. The lowest BCUT2D eigenvalue weighted by atomic mass is 10.2. The van der Waals surface area contributed by atoms with Crippen LogP contribution in [0.3, 0.4) is 0 Å². The van der Waals surface area contributed by atoms with E-state index in [1.165, 1.54) is 5.56 Å². The van der Waals surface area contributed by atoms with Crippen LogP contribution in [0.2, 0.25) is 10.1 Å². The van der Waals surface area contributed by atoms with Gasteiger partial charge in [0.15, 0.2) is 0 Å². The third-order valence-electron chi connectivity index (χ3n) is 3.70. The van der Waals surface area contributed by atoms with Crippen LogP contribution in [-0.2, 0) is 5.33 Å². The lowest BCUT2D eigenvalue weighted by Gasteiger charge is -2.47. The van der Waals surface area contributed by atoms with E-state index in [0.29, 0.717) is 0 Å². The van der Waals surface area contributed by atoms with Gasteiger partial charge in [0.25, 0.3) is 0 Å². The third-order valence-corrected chi connectivity index (χ3v) is 9.85. The van der Waals surface area contributed by atoms with Gasteiger partial charge in [-0.1, -0.05) is 81.7 Å². The summed E-state index contributed by atoms with van der Waals surface area (Å²) in [6, 6.07) is 8.44. The number of halogens is 1. The molecule has 0 saturated carbocycles. The Balaban J connectivity index is 3.36. The molecule has 0 radical (unpaired) electrons. The second-order valence-electron chi connectivity index (χ2n) is 7.04. The van der Waals surface area contributed by atoms with E-state index in [0.717, 1.165) is 10.5 Å². The van der Waals surface area contributed by atoms with E-state index in [-0.39, 0.29) is 10.1 Å². The van der Waals surface area contributed by atoms with E-state index >= 15 is 0 Å². The molecular weight excluding hydrogens is 304 g/mol. The minimum absolute atomic E-state index is 0.0822. The lowest BCUT2D eigenvalue weighted by Crippen LogP contribution is -2.61. The maximum Gasteiger partial charge on any atom is 0.230 e. The predicted molar refractivity (Wildman–Crippen MR) is 86.1 cm³/mol. The van der Waals surface area contributed by atoms with Gasteiger partial charge >= 0.3 is 0 Å². The Morgan fingerprint density at radius 1 is 0.944 bits per heavy atom. The second-order valence-corrected chi connectivity index (χ2v) is 12.6. The number of rotatable bonds is 2. The van der Waals surface area contributed by atoms with Crippen LogP contribution in [0.5, 0.6) is 0 Å². The summed E-state index contributed by atoms with van der Waals surface area (Å²) < 4.78 is 0. The molecule has 1 aromatic carbocycles. The van der Waals surface area contributed by atoms with Crippen molar-refractivity contribution >= 4 is 29.4 Å². The van der Waals surface area contributed by atoms with Crippen molar-refractivity contribution in [2.75, 3.05) is 0 Å². The topological polar surface area (TPSA) is 20.2 Å². The Bertz CT molecular complexity index is 384. The fourth-order valence-electron chi connectivity index (χ4n) is 2.83. The van der Waals surface area contributed by atoms with Gasteiger partial charge in [-0.05, 0) is 20.8 Å². The summed E-state index contributed by atoms with van der Waals surface area (Å²) in [5.41, 5.74) is 1.25. The van der Waals surface area contributed by atoms with E-state index in [1.807, 2.05) is 0 Å². The number of hydrogen-bond donors (Lipinski definition) is 1. The summed E-state index contributed by atoms with van der Waals surface area (Å²) in [6.45, 7) is 12.9. The van der Waals surface area contributed by atoms with Gasteiger partial charge in [0, 0.05) is 5.33 Å². The highest BCUT2D eigenvalue weighted by Gasteiger charge is 2.53. The van der Waals surface area contributed by atoms with Crippen molar-refractivity contribution in [3.8, 4) is 0 Å². The van der Waals surface area contributed by atoms with Crippen molar-refractivity contribution in [2.24, 2.45) is 0 Å². The fourth-order valence-corrected chi connectivity index (χ4v) is 7.83. The SMILES string of the molecule is CC(C)(C)[Si](O)(c1ccc(CBr)cc1)C(C)(C)C. The molecule has 102 valence electrons. The van der Waals surface area contributed by atoms with E-state index in [9.17, 15) is 4.80 Å². The fraction of sp³-hybridized carbons (Fsp3) is 0.600. The van der Waals surface area contributed by atoms with E-state index in [4.69, 9.17) is 0 Å². The van der Waals surface area contributed by atoms with Crippen molar-refractivity contribution in [3.05, 3.63) is 29.8 Å². The van der Waals surface area contributed by atoms with E-state index < -0.39 is 8.32 Å². The molecule has 0 unspecified atom stereocenters. The molecule has 0 amide bonds. The maximum atomic E-state index is 11.4. The van der Waals surface area contributed by atoms with Crippen molar-refractivity contribution in [2.45, 2.75) is 56.9 Å². The smallest absolute Gasteiger partial charge is 0.230 e. The summed E-state index contributed by atoms with van der Waals surface area (Å²) in [6.07, 6.45) is 0. The Kier molecular flexibility index (Phi) is 4.52. The standard InChI is InChI=1S/C15H25BrOSi/c1-14(2,3)18(17,15(4,5)6)13-9-7-12(11-16)8-10-13/h7-10,17H,11H2,1-6H3. The first-order valence-corrected chi connectivity index (χ1v) is 9.48. The van der Waals surface area contributed by atoms with Crippen LogP contribution < -0.4 is 5.19 Å². The zero-order valence-electron chi connectivity index (χ0n) is 12.3. The molecule has 0 aliphatic heterocycles. The number of hydrogen-bond acceptors (Lipinski definition) is 1. The van der Waals surface area contributed by atoms with Crippen molar-refractivity contribution < 1.29 is 4.80 Å². The highest BCUT2D eigenvalue weighted by Crippen LogP contribution is 2.48. The van der Waals surface area contributed by atoms with Gasteiger partial charge in [-0.2, -0.15) is 0 Å². The Labute approximate surface area is 121 Å². The number of benzene rings is 1. The zero-order chi connectivity index (χ0) is 14.2. The van der Waals surface area contributed by atoms with E-state index in [2.05, 4.69) is 81.7 Å². The summed E-state index contributed by atoms with van der Waals surface area (Å²) in [7, 11) is -2.58. The van der Waals surface area contributed by atoms with Crippen LogP contribution in [-0.4, -0.2) is 13.1 Å². The molecular formula is C15H25BrOSi. The van der Waals surface area contributed by atoms with Gasteiger partial charge in [0.1, 0.15) is 0 Å². The highest BCUT2D eigenvalue weighted by molar-refractivity contribution is 9.08. The molecule has 18 heavy (non-hydrogen) atoms. The molecule has 1 N–H and O–H groups in total. The van der Waals surface area contributed by atoms with Crippen LogP contribution in [0.1, 0.15) is 47.1 Å². The molecule has 0 heterocycles. The first-order chi connectivity index (χ1) is 8.04. The zero-order valence-corrected chi connectivity index (χ0v) is 14.9. The van der Waals surface area contributed by atoms with Gasteiger partial charge in [0.2, 0.25) is 8.32 Å². The molecule has 0 atom stereocenters. The van der Waals surface area contributed by atoms with Crippen LogP contribution in [0.25, 0.3) is 0 Å². The Morgan fingerprint density at radius 3 is 1.61 bits per heavy atom. The third kappa shape index (κ3) is 2.73. The van der Waals surface area contributed by atoms with E-state index in [1.54, 1.807) is 0 Å². The average molecular weight is 329 g/mol. The van der Waals surface area contributed by atoms with Gasteiger partial charge in [-0.3, -0.25) is 0 Å². The lowest BCUT2D eigenvalue weighted by molar-refractivity contribution is 0.431. The van der Waals surface area contributed by atoms with Crippen molar-refractivity contribution in [3.63, 3.8) is 0 Å². The molecule has 0 aliphatic carbocycles. The minimum atomic E-state index is -2.58. The summed E-state index contributed by atoms with van der Waals surface area (Å²) in [5, 5.41) is 1.83. The molecule has 0 spiro atoms. The molecule has 1 rings (SSSR count). The molecule has 0 fully saturated rings.